The van der Waals surface area contributed by atoms with Crippen LogP contribution >= 0.6 is 0 Å². The van der Waals surface area contributed by atoms with Gasteiger partial charge in [0, 0.05) is 6.54 Å². The van der Waals surface area contributed by atoms with Crippen molar-refractivity contribution in [2.24, 2.45) is 0 Å². The molecule has 0 amide bonds. The van der Waals surface area contributed by atoms with E-state index < -0.39 is 61.1 Å². The molecule has 0 aromatic carbocycles. The Balaban J connectivity index is 4.71. The van der Waals surface area contributed by atoms with E-state index in [1.165, 1.54) is 0 Å². The SMILES string of the molecule is CC(O)(CNC(CC(=O)O)C(=O)O)NC(CC(=O)O)C(=O)O. The van der Waals surface area contributed by atoms with Gasteiger partial charge >= 0.3 is 23.9 Å². The fraction of sp³-hybridized carbons (Fsp3) is 0.636. The van der Waals surface area contributed by atoms with Gasteiger partial charge in [-0.15, -0.1) is 0 Å². The Hall–Kier alpha value is -2.24. The number of aliphatic hydroxyl groups is 1. The molecule has 0 radical (unpaired) electrons. The minimum absolute atomic E-state index is 0.513. The second-order valence-electron chi connectivity index (χ2n) is 4.78. The average molecular weight is 322 g/mol. The zero-order valence-corrected chi connectivity index (χ0v) is 11.6. The van der Waals surface area contributed by atoms with Crippen LogP contribution in [-0.4, -0.2) is 73.8 Å². The Morgan fingerprint density at radius 1 is 0.909 bits per heavy atom. The molecule has 3 atom stereocenters. The van der Waals surface area contributed by atoms with Crippen LogP contribution in [0.15, 0.2) is 0 Å². The van der Waals surface area contributed by atoms with Gasteiger partial charge in [0.2, 0.25) is 0 Å². The van der Waals surface area contributed by atoms with E-state index in [4.69, 9.17) is 20.4 Å². The summed E-state index contributed by atoms with van der Waals surface area (Å²) in [7, 11) is 0. The zero-order chi connectivity index (χ0) is 17.5. The van der Waals surface area contributed by atoms with Gasteiger partial charge in [-0.3, -0.25) is 29.8 Å². The van der Waals surface area contributed by atoms with E-state index in [1.807, 2.05) is 0 Å². The van der Waals surface area contributed by atoms with Crippen molar-refractivity contribution in [3.05, 3.63) is 0 Å². The van der Waals surface area contributed by atoms with Gasteiger partial charge in [0.1, 0.15) is 17.8 Å². The number of rotatable bonds is 11. The van der Waals surface area contributed by atoms with Gasteiger partial charge < -0.3 is 25.5 Å². The van der Waals surface area contributed by atoms with Gasteiger partial charge in [-0.2, -0.15) is 0 Å². The predicted molar refractivity (Wildman–Crippen MR) is 69.1 cm³/mol. The summed E-state index contributed by atoms with van der Waals surface area (Å²) in [5, 5.41) is 49.1. The second-order valence-corrected chi connectivity index (χ2v) is 4.78. The van der Waals surface area contributed by atoms with Crippen molar-refractivity contribution in [2.45, 2.75) is 37.6 Å². The molecule has 0 aliphatic heterocycles. The minimum atomic E-state index is -1.97. The lowest BCUT2D eigenvalue weighted by Crippen LogP contribution is -2.58. The Bertz CT molecular complexity index is 449. The Morgan fingerprint density at radius 2 is 1.32 bits per heavy atom. The molecule has 126 valence electrons. The second kappa shape index (κ2) is 8.26. The van der Waals surface area contributed by atoms with Gasteiger partial charge in [0.15, 0.2) is 0 Å². The van der Waals surface area contributed by atoms with Crippen LogP contribution in [0.25, 0.3) is 0 Å². The molecule has 0 fully saturated rings. The van der Waals surface area contributed by atoms with E-state index in [1.54, 1.807) is 0 Å². The topological polar surface area (TPSA) is 193 Å². The molecule has 0 saturated carbocycles. The molecule has 22 heavy (non-hydrogen) atoms. The summed E-state index contributed by atoms with van der Waals surface area (Å²) in [5.41, 5.74) is -1.97. The lowest BCUT2D eigenvalue weighted by Gasteiger charge is -2.29. The number of carboxylic acid groups (broad SMARTS) is 4. The largest absolute Gasteiger partial charge is 0.481 e. The van der Waals surface area contributed by atoms with E-state index in [0.717, 1.165) is 6.92 Å². The maximum atomic E-state index is 10.9. The third-order valence-corrected chi connectivity index (χ3v) is 2.53. The molecule has 11 nitrogen and oxygen atoms in total. The Morgan fingerprint density at radius 3 is 1.68 bits per heavy atom. The molecule has 11 heteroatoms. The van der Waals surface area contributed by atoms with Crippen molar-refractivity contribution in [1.29, 1.82) is 0 Å². The molecular formula is C11H18N2O9. The first-order chi connectivity index (χ1) is 9.94. The van der Waals surface area contributed by atoms with Crippen molar-refractivity contribution < 1.29 is 44.7 Å². The van der Waals surface area contributed by atoms with Gasteiger partial charge in [-0.25, -0.2) is 0 Å². The molecule has 0 aliphatic carbocycles. The summed E-state index contributed by atoms with van der Waals surface area (Å²) in [4.78, 5) is 42.7. The van der Waals surface area contributed by atoms with E-state index in [0.29, 0.717) is 0 Å². The summed E-state index contributed by atoms with van der Waals surface area (Å²) in [6, 6.07) is -3.09. The number of nitrogens with one attached hydrogen (secondary N) is 2. The molecule has 0 spiro atoms. The number of carbonyl (C=O) groups is 4. The zero-order valence-electron chi connectivity index (χ0n) is 11.6. The molecule has 0 aromatic heterocycles. The highest BCUT2D eigenvalue weighted by Gasteiger charge is 2.31. The highest BCUT2D eigenvalue weighted by atomic mass is 16.4. The van der Waals surface area contributed by atoms with Crippen LogP contribution in [0.2, 0.25) is 0 Å². The molecule has 7 N–H and O–H groups in total. The average Bonchev–Trinajstić information content (AvgIpc) is 2.31. The lowest BCUT2D eigenvalue weighted by atomic mass is 10.1. The van der Waals surface area contributed by atoms with Gasteiger partial charge in [-0.1, -0.05) is 0 Å². The van der Waals surface area contributed by atoms with Crippen LogP contribution in [0.1, 0.15) is 19.8 Å². The molecular weight excluding hydrogens is 304 g/mol. The van der Waals surface area contributed by atoms with Crippen molar-refractivity contribution in [2.75, 3.05) is 6.54 Å². The number of hydrogen-bond acceptors (Lipinski definition) is 7. The quantitative estimate of drug-likeness (QED) is 0.203. The van der Waals surface area contributed by atoms with Crippen LogP contribution in [0.5, 0.6) is 0 Å². The Kier molecular flexibility index (Phi) is 7.42. The van der Waals surface area contributed by atoms with Crippen LogP contribution in [-0.2, 0) is 19.2 Å². The third kappa shape index (κ3) is 8.14. The first kappa shape index (κ1) is 19.8. The fourth-order valence-corrected chi connectivity index (χ4v) is 1.54. The van der Waals surface area contributed by atoms with Gasteiger partial charge in [0.05, 0.1) is 12.8 Å². The number of hydrogen-bond donors (Lipinski definition) is 7. The molecule has 0 saturated heterocycles. The highest BCUT2D eigenvalue weighted by molar-refractivity contribution is 5.81. The van der Waals surface area contributed by atoms with Crippen LogP contribution in [0.4, 0.5) is 0 Å². The van der Waals surface area contributed by atoms with E-state index in [-0.39, 0.29) is 0 Å². The summed E-state index contributed by atoms with van der Waals surface area (Å²) in [5.74, 6) is -5.75. The van der Waals surface area contributed by atoms with Crippen molar-refractivity contribution in [3.63, 3.8) is 0 Å². The van der Waals surface area contributed by atoms with E-state index in [9.17, 15) is 24.3 Å². The Labute approximate surface area is 124 Å². The van der Waals surface area contributed by atoms with Crippen molar-refractivity contribution >= 4 is 23.9 Å². The summed E-state index contributed by atoms with van der Waals surface area (Å²) >= 11 is 0. The van der Waals surface area contributed by atoms with Gasteiger partial charge in [0.25, 0.3) is 0 Å². The van der Waals surface area contributed by atoms with Crippen LogP contribution in [0.3, 0.4) is 0 Å². The molecule has 3 unspecified atom stereocenters. The first-order valence-electron chi connectivity index (χ1n) is 6.07. The van der Waals surface area contributed by atoms with Crippen molar-refractivity contribution in [1.82, 2.24) is 10.6 Å². The summed E-state index contributed by atoms with van der Waals surface area (Å²) < 4.78 is 0. The van der Waals surface area contributed by atoms with E-state index in [2.05, 4.69) is 10.6 Å². The maximum Gasteiger partial charge on any atom is 0.321 e. The monoisotopic (exact) mass is 322 g/mol. The summed E-state index contributed by atoms with van der Waals surface area (Å²) in [6.07, 6.45) is -1.55. The van der Waals surface area contributed by atoms with Crippen LogP contribution < -0.4 is 10.6 Å². The predicted octanol–water partition coefficient (Wildman–Crippen LogP) is -2.27. The summed E-state index contributed by atoms with van der Waals surface area (Å²) in [6.45, 7) is 0.581. The standard InChI is InChI=1S/C11H18N2O9/c1-11(22,13-6(10(20)21)3-8(16)17)4-12-5(9(18)19)2-7(14)15/h5-6,12-13,22H,2-4H2,1H3,(H,14,15)(H,16,17)(H,18,19)(H,20,21). The first-order valence-corrected chi connectivity index (χ1v) is 6.07. The smallest absolute Gasteiger partial charge is 0.321 e. The van der Waals surface area contributed by atoms with E-state index >= 15 is 0 Å². The maximum absolute atomic E-state index is 10.9. The number of carboxylic acids is 4. The molecule has 0 aliphatic rings. The van der Waals surface area contributed by atoms with Gasteiger partial charge in [-0.05, 0) is 6.92 Å². The molecule has 0 rings (SSSR count). The molecule has 0 heterocycles. The minimum Gasteiger partial charge on any atom is -0.481 e. The third-order valence-electron chi connectivity index (χ3n) is 2.53. The molecule has 0 bridgehead atoms. The van der Waals surface area contributed by atoms with Crippen LogP contribution in [0, 0.1) is 0 Å². The normalized spacial score (nSPS) is 16.3. The molecule has 0 aromatic rings. The van der Waals surface area contributed by atoms with Crippen molar-refractivity contribution in [3.8, 4) is 0 Å². The fourth-order valence-electron chi connectivity index (χ4n) is 1.54. The lowest BCUT2D eigenvalue weighted by molar-refractivity contribution is -0.148. The number of aliphatic carboxylic acids is 4. The highest BCUT2D eigenvalue weighted by Crippen LogP contribution is 2.04.